The molecule has 1 saturated heterocycles. The first-order chi connectivity index (χ1) is 5.86. The Labute approximate surface area is 81.1 Å². The van der Waals surface area contributed by atoms with Crippen LogP contribution in [0.2, 0.25) is 0 Å². The number of hydrogen-bond acceptors (Lipinski definition) is 3. The molecule has 0 aromatic heterocycles. The van der Waals surface area contributed by atoms with E-state index in [1.54, 1.807) is 0 Å². The molecule has 1 aromatic rings. The molecule has 0 spiro atoms. The Hall–Kier alpha value is -0.280. The third-order valence-corrected chi connectivity index (χ3v) is 4.93. The molecule has 2 N–H and O–H groups in total. The molecule has 0 unspecified atom stereocenters. The fourth-order valence-electron chi connectivity index (χ4n) is 1.20. The highest BCUT2D eigenvalue weighted by atomic mass is 32.2. The zero-order valence-corrected chi connectivity index (χ0v) is 8.33. The average molecular weight is 197 g/mol. The van der Waals surface area contributed by atoms with E-state index in [9.17, 15) is 0 Å². The van der Waals surface area contributed by atoms with Crippen molar-refractivity contribution in [3.05, 3.63) is 29.8 Å². The van der Waals surface area contributed by atoms with Crippen molar-refractivity contribution in [2.75, 3.05) is 17.2 Å². The Morgan fingerprint density at radius 1 is 1.08 bits per heavy atom. The van der Waals surface area contributed by atoms with Crippen LogP contribution in [0.5, 0.6) is 0 Å². The van der Waals surface area contributed by atoms with Crippen LogP contribution < -0.4 is 5.73 Å². The van der Waals surface area contributed by atoms with E-state index in [0.717, 1.165) is 5.69 Å². The lowest BCUT2D eigenvalue weighted by Gasteiger charge is -2.07. The third-order valence-electron chi connectivity index (χ3n) is 1.83. The first-order valence-corrected chi connectivity index (χ1v) is 6.04. The molecule has 3 heteroatoms. The minimum absolute atomic E-state index is 0.644. The van der Waals surface area contributed by atoms with Gasteiger partial charge >= 0.3 is 0 Å². The average Bonchev–Trinajstić information content (AvgIpc) is 2.58. The van der Waals surface area contributed by atoms with Crippen LogP contribution in [0.4, 0.5) is 5.69 Å². The molecule has 12 heavy (non-hydrogen) atoms. The van der Waals surface area contributed by atoms with Crippen LogP contribution in [0.1, 0.15) is 10.1 Å². The molecule has 0 radical (unpaired) electrons. The molecule has 1 heterocycles. The number of rotatable bonds is 1. The molecule has 1 nitrogen and oxygen atoms in total. The van der Waals surface area contributed by atoms with Crippen molar-refractivity contribution in [2.45, 2.75) is 4.58 Å². The summed E-state index contributed by atoms with van der Waals surface area (Å²) in [5, 5.41) is 0. The van der Waals surface area contributed by atoms with Gasteiger partial charge in [0.2, 0.25) is 0 Å². The topological polar surface area (TPSA) is 26.0 Å². The monoisotopic (exact) mass is 197 g/mol. The highest BCUT2D eigenvalue weighted by Gasteiger charge is 2.17. The zero-order chi connectivity index (χ0) is 8.39. The highest BCUT2D eigenvalue weighted by molar-refractivity contribution is 8.19. The molecule has 0 bridgehead atoms. The first kappa shape index (κ1) is 8.32. The summed E-state index contributed by atoms with van der Waals surface area (Å²) >= 11 is 4.05. The Balaban J connectivity index is 2.17. The Bertz CT molecular complexity index is 252. The van der Waals surface area contributed by atoms with Gasteiger partial charge in [-0.15, -0.1) is 23.5 Å². The van der Waals surface area contributed by atoms with Crippen LogP contribution in [0.25, 0.3) is 0 Å². The van der Waals surface area contributed by atoms with Gasteiger partial charge in [0, 0.05) is 17.2 Å². The maximum atomic E-state index is 5.61. The van der Waals surface area contributed by atoms with Crippen LogP contribution in [0, 0.1) is 0 Å². The summed E-state index contributed by atoms with van der Waals surface area (Å²) < 4.78 is 0.644. The van der Waals surface area contributed by atoms with E-state index in [0.29, 0.717) is 4.58 Å². The summed E-state index contributed by atoms with van der Waals surface area (Å²) in [4.78, 5) is 0. The van der Waals surface area contributed by atoms with E-state index in [2.05, 4.69) is 12.1 Å². The number of benzene rings is 1. The summed E-state index contributed by atoms with van der Waals surface area (Å²) in [7, 11) is 0. The Kier molecular flexibility index (Phi) is 2.51. The lowest BCUT2D eigenvalue weighted by Crippen LogP contribution is -1.87. The second-order valence-corrected chi connectivity index (χ2v) is 5.46. The van der Waals surface area contributed by atoms with E-state index < -0.39 is 0 Å². The number of hydrogen-bond donors (Lipinski definition) is 1. The predicted octanol–water partition coefficient (Wildman–Crippen LogP) is 2.75. The first-order valence-electron chi connectivity index (χ1n) is 3.95. The van der Waals surface area contributed by atoms with Gasteiger partial charge < -0.3 is 5.73 Å². The van der Waals surface area contributed by atoms with Gasteiger partial charge in [0.25, 0.3) is 0 Å². The van der Waals surface area contributed by atoms with Gasteiger partial charge in [0.1, 0.15) is 0 Å². The van der Waals surface area contributed by atoms with Crippen molar-refractivity contribution in [3.63, 3.8) is 0 Å². The summed E-state index contributed by atoms with van der Waals surface area (Å²) in [6.45, 7) is 0. The van der Waals surface area contributed by atoms with Gasteiger partial charge in [-0.2, -0.15) is 0 Å². The van der Waals surface area contributed by atoms with Crippen molar-refractivity contribution in [2.24, 2.45) is 0 Å². The van der Waals surface area contributed by atoms with E-state index in [-0.39, 0.29) is 0 Å². The van der Waals surface area contributed by atoms with E-state index >= 15 is 0 Å². The zero-order valence-electron chi connectivity index (χ0n) is 6.69. The van der Waals surface area contributed by atoms with Crippen molar-refractivity contribution in [3.8, 4) is 0 Å². The third kappa shape index (κ3) is 1.72. The Morgan fingerprint density at radius 3 is 2.25 bits per heavy atom. The molecular weight excluding hydrogens is 186 g/mol. The second kappa shape index (κ2) is 3.62. The summed E-state index contributed by atoms with van der Waals surface area (Å²) in [5.41, 5.74) is 7.86. The molecular formula is C9H11NS2. The molecule has 1 aliphatic heterocycles. The molecule has 2 rings (SSSR count). The quantitative estimate of drug-likeness (QED) is 0.701. The van der Waals surface area contributed by atoms with Crippen LogP contribution in [-0.2, 0) is 0 Å². The van der Waals surface area contributed by atoms with Crippen LogP contribution in [-0.4, -0.2) is 11.5 Å². The van der Waals surface area contributed by atoms with Crippen LogP contribution in [0.3, 0.4) is 0 Å². The minimum atomic E-state index is 0.644. The van der Waals surface area contributed by atoms with Gasteiger partial charge in [-0.1, -0.05) is 12.1 Å². The largest absolute Gasteiger partial charge is 0.399 e. The number of anilines is 1. The summed E-state index contributed by atoms with van der Waals surface area (Å²) in [5.74, 6) is 2.55. The number of nitrogen functional groups attached to an aromatic ring is 1. The maximum Gasteiger partial charge on any atom is 0.0751 e. The molecule has 0 amide bonds. The van der Waals surface area contributed by atoms with Crippen molar-refractivity contribution < 1.29 is 0 Å². The van der Waals surface area contributed by atoms with Gasteiger partial charge in [-0.25, -0.2) is 0 Å². The summed E-state index contributed by atoms with van der Waals surface area (Å²) in [6.07, 6.45) is 0. The predicted molar refractivity (Wildman–Crippen MR) is 58.5 cm³/mol. The molecule has 0 aliphatic carbocycles. The van der Waals surface area contributed by atoms with Gasteiger partial charge in [-0.3, -0.25) is 0 Å². The van der Waals surface area contributed by atoms with Gasteiger partial charge in [-0.05, 0) is 17.7 Å². The normalized spacial score (nSPS) is 18.3. The van der Waals surface area contributed by atoms with Crippen molar-refractivity contribution in [1.82, 2.24) is 0 Å². The van der Waals surface area contributed by atoms with E-state index in [4.69, 9.17) is 5.73 Å². The van der Waals surface area contributed by atoms with Crippen molar-refractivity contribution >= 4 is 29.2 Å². The fraction of sp³-hybridized carbons (Fsp3) is 0.333. The number of nitrogens with two attached hydrogens (primary N) is 1. The van der Waals surface area contributed by atoms with Gasteiger partial charge in [0.15, 0.2) is 0 Å². The van der Waals surface area contributed by atoms with E-state index in [1.807, 2.05) is 35.7 Å². The fourth-order valence-corrected chi connectivity index (χ4v) is 4.06. The molecule has 0 atom stereocenters. The minimum Gasteiger partial charge on any atom is -0.399 e. The standard InChI is InChI=1S/C9H11NS2/c10-8-3-1-7(2-4-8)9-11-5-6-12-9/h1-4,9H,5-6,10H2. The maximum absolute atomic E-state index is 5.61. The molecule has 1 aromatic carbocycles. The second-order valence-electron chi connectivity index (χ2n) is 2.74. The smallest absolute Gasteiger partial charge is 0.0751 e. The summed E-state index contributed by atoms with van der Waals surface area (Å²) in [6, 6.07) is 8.22. The van der Waals surface area contributed by atoms with Crippen LogP contribution in [0.15, 0.2) is 24.3 Å². The molecule has 0 saturated carbocycles. The van der Waals surface area contributed by atoms with Crippen molar-refractivity contribution in [1.29, 1.82) is 0 Å². The van der Waals surface area contributed by atoms with Crippen LogP contribution >= 0.6 is 23.5 Å². The number of thioether (sulfide) groups is 2. The molecule has 64 valence electrons. The van der Waals surface area contributed by atoms with Gasteiger partial charge in [0.05, 0.1) is 4.58 Å². The highest BCUT2D eigenvalue weighted by Crippen LogP contribution is 2.45. The lowest BCUT2D eigenvalue weighted by molar-refractivity contribution is 1.39. The van der Waals surface area contributed by atoms with E-state index in [1.165, 1.54) is 17.1 Å². The Morgan fingerprint density at radius 2 is 1.67 bits per heavy atom. The molecule has 1 aliphatic rings. The SMILES string of the molecule is Nc1ccc(C2SCCS2)cc1. The lowest BCUT2D eigenvalue weighted by atomic mass is 10.2. The molecule has 1 fully saturated rings.